The maximum atomic E-state index is 13.5. The van der Waals surface area contributed by atoms with Gasteiger partial charge in [0.25, 0.3) is 0 Å². The van der Waals surface area contributed by atoms with Crippen molar-refractivity contribution in [1.82, 2.24) is 0 Å². The molecule has 0 aliphatic rings. The third-order valence-electron chi connectivity index (χ3n) is 3.66. The Kier molecular flexibility index (Phi) is 20.0. The summed E-state index contributed by atoms with van der Waals surface area (Å²) in [6.07, 6.45) is -10.3. The molecule has 2 unspecified atom stereocenters. The van der Waals surface area contributed by atoms with Crippen LogP contribution < -0.4 is 0 Å². The monoisotopic (exact) mass is 516 g/mol. The molecule has 0 aliphatic heterocycles. The fourth-order valence-corrected chi connectivity index (χ4v) is 2.15. The van der Waals surface area contributed by atoms with Crippen LogP contribution >= 0.6 is 0 Å². The molecule has 2 atom stereocenters. The van der Waals surface area contributed by atoms with E-state index in [0.717, 1.165) is 0 Å². The summed E-state index contributed by atoms with van der Waals surface area (Å²) in [5.41, 5.74) is 0. The van der Waals surface area contributed by atoms with Gasteiger partial charge in [-0.2, -0.15) is 17.6 Å². The van der Waals surface area contributed by atoms with Crippen molar-refractivity contribution in [3.8, 4) is 0 Å². The molecular formula is C19H36F4O11. The van der Waals surface area contributed by atoms with Crippen molar-refractivity contribution in [2.75, 3.05) is 86.1 Å². The Morgan fingerprint density at radius 1 is 0.559 bits per heavy atom. The molecule has 0 aromatic heterocycles. The van der Waals surface area contributed by atoms with Gasteiger partial charge in [-0.3, -0.25) is 4.74 Å². The number of hydrogen-bond acceptors (Lipinski definition) is 11. The minimum absolute atomic E-state index is 0.00964. The average molecular weight is 516 g/mol. The number of ether oxygens (including phenoxy) is 7. The van der Waals surface area contributed by atoms with E-state index in [1.54, 1.807) is 0 Å². The molecule has 0 rings (SSSR count). The first-order chi connectivity index (χ1) is 16.1. The average Bonchev–Trinajstić information content (AvgIpc) is 2.75. The lowest BCUT2D eigenvalue weighted by molar-refractivity contribution is -0.396. The van der Waals surface area contributed by atoms with Crippen LogP contribution in [0.1, 0.15) is 12.8 Å². The van der Waals surface area contributed by atoms with Gasteiger partial charge in [-0.25, -0.2) is 0 Å². The smallest absolute Gasteiger partial charge is 0.383 e. The van der Waals surface area contributed by atoms with E-state index in [2.05, 4.69) is 14.2 Å². The quantitative estimate of drug-likeness (QED) is 0.0723. The predicted octanol–water partition coefficient (Wildman–Crippen LogP) is -0.268. The first-order valence-corrected chi connectivity index (χ1v) is 10.6. The number of halogens is 4. The van der Waals surface area contributed by atoms with Gasteiger partial charge in [0.1, 0.15) is 20.0 Å². The van der Waals surface area contributed by atoms with Gasteiger partial charge in [0.05, 0.1) is 65.1 Å². The Morgan fingerprint density at radius 2 is 1.03 bits per heavy atom. The highest BCUT2D eigenvalue weighted by Gasteiger charge is 2.44. The van der Waals surface area contributed by atoms with Crippen LogP contribution in [-0.2, 0) is 33.2 Å². The first-order valence-electron chi connectivity index (χ1n) is 10.6. The van der Waals surface area contributed by atoms with Crippen LogP contribution in [0, 0.1) is 0 Å². The minimum atomic E-state index is -4.33. The molecule has 0 amide bonds. The predicted molar refractivity (Wildman–Crippen MR) is 106 cm³/mol. The molecule has 0 bridgehead atoms. The zero-order valence-corrected chi connectivity index (χ0v) is 18.9. The molecule has 0 aromatic rings. The normalized spacial score (nSPS) is 14.5. The zero-order chi connectivity index (χ0) is 25.7. The molecule has 206 valence electrons. The lowest BCUT2D eigenvalue weighted by Crippen LogP contribution is -2.40. The third kappa shape index (κ3) is 21.8. The van der Waals surface area contributed by atoms with E-state index < -0.39 is 51.0 Å². The number of aliphatic hydroxyl groups is 4. The molecule has 0 saturated heterocycles. The first kappa shape index (κ1) is 33.3. The lowest BCUT2D eigenvalue weighted by Gasteiger charge is -2.24. The van der Waals surface area contributed by atoms with Crippen LogP contribution in [0.4, 0.5) is 17.6 Å². The highest BCUT2D eigenvalue weighted by Crippen LogP contribution is 2.27. The van der Waals surface area contributed by atoms with E-state index in [4.69, 9.17) is 29.2 Å². The van der Waals surface area contributed by atoms with Crippen molar-refractivity contribution in [3.05, 3.63) is 0 Å². The molecule has 15 heteroatoms. The number of hydrogen-bond donors (Lipinski definition) is 4. The van der Waals surface area contributed by atoms with Gasteiger partial charge < -0.3 is 48.8 Å². The highest BCUT2D eigenvalue weighted by molar-refractivity contribution is 4.60. The summed E-state index contributed by atoms with van der Waals surface area (Å²) in [6, 6.07) is 0. The van der Waals surface area contributed by atoms with E-state index in [0.29, 0.717) is 6.42 Å². The van der Waals surface area contributed by atoms with Crippen molar-refractivity contribution >= 4 is 0 Å². The van der Waals surface area contributed by atoms with E-state index in [1.807, 2.05) is 0 Å². The minimum Gasteiger partial charge on any atom is -0.394 e. The largest absolute Gasteiger partial charge is 0.394 e. The molecule has 0 aliphatic carbocycles. The summed E-state index contributed by atoms with van der Waals surface area (Å²) >= 11 is 0. The number of alkyl halides is 4. The Hall–Kier alpha value is -0.720. The van der Waals surface area contributed by atoms with Crippen LogP contribution in [0.15, 0.2) is 0 Å². The fraction of sp³-hybridized carbons (Fsp3) is 1.00. The van der Waals surface area contributed by atoms with Crippen LogP contribution in [0.2, 0.25) is 0 Å². The Balaban J connectivity index is 3.79. The molecule has 11 nitrogen and oxygen atoms in total. The molecule has 0 saturated carbocycles. The molecule has 0 aromatic carbocycles. The molecule has 0 heterocycles. The van der Waals surface area contributed by atoms with Crippen LogP contribution in [0.3, 0.4) is 0 Å². The molecule has 34 heavy (non-hydrogen) atoms. The Morgan fingerprint density at radius 3 is 1.56 bits per heavy atom. The molecule has 4 N–H and O–H groups in total. The van der Waals surface area contributed by atoms with Gasteiger partial charge in [-0.05, 0) is 12.8 Å². The van der Waals surface area contributed by atoms with E-state index in [-0.39, 0.29) is 65.9 Å². The standard InChI is InChI=1S/C19H36F4O11/c20-18(21,13-32-12-17(27)2-6-29-8-4-25)34-19(22,23)14-33-15-31-10-9-30-11-16(26)1-5-28-7-3-24/h16-17,24-27H,1-15H2. The van der Waals surface area contributed by atoms with Crippen LogP contribution in [-0.4, -0.2) is 131 Å². The second-order valence-electron chi connectivity index (χ2n) is 6.90. The zero-order valence-electron chi connectivity index (χ0n) is 18.9. The van der Waals surface area contributed by atoms with E-state index in [9.17, 15) is 27.8 Å². The van der Waals surface area contributed by atoms with Gasteiger partial charge in [-0.1, -0.05) is 0 Å². The SMILES string of the molecule is OCCOCCC(O)COCCOCOCC(F)(F)OC(F)(F)COCC(O)CCOCCO. The van der Waals surface area contributed by atoms with Crippen molar-refractivity contribution in [2.45, 2.75) is 37.3 Å². The molecule has 0 fully saturated rings. The Bertz CT molecular complexity index is 464. The van der Waals surface area contributed by atoms with Gasteiger partial charge in [0, 0.05) is 13.2 Å². The van der Waals surface area contributed by atoms with Crippen molar-refractivity contribution < 1.29 is 71.1 Å². The Labute approximate surface area is 195 Å². The van der Waals surface area contributed by atoms with Gasteiger partial charge in [0.2, 0.25) is 0 Å². The summed E-state index contributed by atoms with van der Waals surface area (Å²) in [7, 11) is 0. The summed E-state index contributed by atoms with van der Waals surface area (Å²) in [4.78, 5) is 0. The second-order valence-corrected chi connectivity index (χ2v) is 6.90. The summed E-state index contributed by atoms with van der Waals surface area (Å²) < 4.78 is 86.3. The summed E-state index contributed by atoms with van der Waals surface area (Å²) in [5, 5.41) is 36.1. The lowest BCUT2D eigenvalue weighted by atomic mass is 10.3. The summed E-state index contributed by atoms with van der Waals surface area (Å²) in [5.74, 6) is 0. The topological polar surface area (TPSA) is 146 Å². The number of aliphatic hydroxyl groups excluding tert-OH is 4. The van der Waals surface area contributed by atoms with Gasteiger partial charge in [-0.15, -0.1) is 0 Å². The maximum absolute atomic E-state index is 13.5. The molecule has 0 spiro atoms. The van der Waals surface area contributed by atoms with Gasteiger partial charge in [0.15, 0.2) is 0 Å². The third-order valence-corrected chi connectivity index (χ3v) is 3.66. The van der Waals surface area contributed by atoms with E-state index >= 15 is 0 Å². The number of rotatable bonds is 25. The van der Waals surface area contributed by atoms with Crippen molar-refractivity contribution in [2.24, 2.45) is 0 Å². The highest BCUT2D eigenvalue weighted by atomic mass is 19.3. The molecular weight excluding hydrogens is 480 g/mol. The van der Waals surface area contributed by atoms with Crippen LogP contribution in [0.25, 0.3) is 0 Å². The molecule has 0 radical (unpaired) electrons. The van der Waals surface area contributed by atoms with E-state index in [1.165, 1.54) is 0 Å². The van der Waals surface area contributed by atoms with Crippen molar-refractivity contribution in [3.63, 3.8) is 0 Å². The van der Waals surface area contributed by atoms with Crippen LogP contribution in [0.5, 0.6) is 0 Å². The second kappa shape index (κ2) is 20.5. The fourth-order valence-electron chi connectivity index (χ4n) is 2.15. The van der Waals surface area contributed by atoms with Crippen molar-refractivity contribution in [1.29, 1.82) is 0 Å². The maximum Gasteiger partial charge on any atom is 0.383 e. The summed E-state index contributed by atoms with van der Waals surface area (Å²) in [6.45, 7) is -4.01. The van der Waals surface area contributed by atoms with Gasteiger partial charge >= 0.3 is 12.2 Å².